The van der Waals surface area contributed by atoms with E-state index in [1.807, 2.05) is 36.4 Å². The summed E-state index contributed by atoms with van der Waals surface area (Å²) in [5, 5.41) is 6.56. The number of benzene rings is 2. The van der Waals surface area contributed by atoms with Gasteiger partial charge in [0.2, 0.25) is 5.91 Å². The van der Waals surface area contributed by atoms with Crippen LogP contribution in [0.3, 0.4) is 0 Å². The number of nitrogens with one attached hydrogen (secondary N) is 2. The summed E-state index contributed by atoms with van der Waals surface area (Å²) in [6, 6.07) is 15.5. The van der Waals surface area contributed by atoms with Crippen LogP contribution in [-0.4, -0.2) is 54.5 Å². The molecule has 4 rings (SSSR count). The normalized spacial score (nSPS) is 14.2. The van der Waals surface area contributed by atoms with E-state index in [1.165, 1.54) is 5.69 Å². The van der Waals surface area contributed by atoms with Gasteiger partial charge in [0.05, 0.1) is 21.8 Å². The number of hydrogen-bond acceptors (Lipinski definition) is 5. The van der Waals surface area contributed by atoms with Gasteiger partial charge in [0, 0.05) is 43.5 Å². The molecular weight excluding hydrogens is 410 g/mol. The van der Waals surface area contributed by atoms with Crippen molar-refractivity contribution >= 4 is 44.9 Å². The number of fused-ring (bicyclic) bond motifs is 1. The first-order valence-corrected chi connectivity index (χ1v) is 11.3. The molecule has 0 bridgehead atoms. The Hall–Kier alpha value is -3.13. The lowest BCUT2D eigenvalue weighted by molar-refractivity contribution is -0.130. The number of carbonyl (C=O) groups excluding carboxylic acids is 2. The van der Waals surface area contributed by atoms with Crippen molar-refractivity contribution in [1.82, 2.24) is 15.2 Å². The highest BCUT2D eigenvalue weighted by molar-refractivity contribution is 7.18. The van der Waals surface area contributed by atoms with E-state index >= 15 is 0 Å². The van der Waals surface area contributed by atoms with Gasteiger partial charge in [0.15, 0.2) is 0 Å². The third-order valence-electron chi connectivity index (χ3n) is 5.31. The highest BCUT2D eigenvalue weighted by Crippen LogP contribution is 2.29. The fourth-order valence-corrected chi connectivity index (χ4v) is 4.57. The third kappa shape index (κ3) is 5.14. The Morgan fingerprint density at radius 1 is 1.06 bits per heavy atom. The molecule has 1 fully saturated rings. The molecule has 0 aliphatic carbocycles. The number of urea groups is 1. The zero-order valence-corrected chi connectivity index (χ0v) is 18.6. The van der Waals surface area contributed by atoms with Crippen LogP contribution in [0, 0.1) is 0 Å². The molecule has 1 aromatic heterocycles. The van der Waals surface area contributed by atoms with Gasteiger partial charge in [0.1, 0.15) is 0 Å². The Balaban J connectivity index is 1.25. The zero-order chi connectivity index (χ0) is 21.8. The van der Waals surface area contributed by atoms with Crippen LogP contribution in [0.15, 0.2) is 48.5 Å². The highest BCUT2D eigenvalue weighted by atomic mass is 32.1. The quantitative estimate of drug-likeness (QED) is 0.635. The Morgan fingerprint density at radius 2 is 1.81 bits per heavy atom. The number of para-hydroxylation sites is 1. The SMILES string of the molecule is CC(C)c1nc2ccc(NC(=O)NCC(=O)N3CCN(c4ccccc4)CC3)cc2s1. The largest absolute Gasteiger partial charge is 0.368 e. The van der Waals surface area contributed by atoms with Gasteiger partial charge in [-0.25, -0.2) is 9.78 Å². The maximum absolute atomic E-state index is 12.5. The standard InChI is InChI=1S/C23H27N5O2S/c1-16(2)22-26-19-9-8-17(14-20(19)31-22)25-23(30)24-15-21(29)28-12-10-27(11-13-28)18-6-4-3-5-7-18/h3-9,14,16H,10-13,15H2,1-2H3,(H2,24,25,30). The van der Waals surface area contributed by atoms with Gasteiger partial charge in [-0.15, -0.1) is 11.3 Å². The Labute approximate surface area is 186 Å². The van der Waals surface area contributed by atoms with Gasteiger partial charge in [-0.3, -0.25) is 4.79 Å². The summed E-state index contributed by atoms with van der Waals surface area (Å²) >= 11 is 1.63. The Morgan fingerprint density at radius 3 is 2.52 bits per heavy atom. The molecule has 2 heterocycles. The predicted molar refractivity (Wildman–Crippen MR) is 126 cm³/mol. The third-order valence-corrected chi connectivity index (χ3v) is 6.63. The molecule has 2 aromatic carbocycles. The number of thiazole rings is 1. The molecule has 7 nitrogen and oxygen atoms in total. The highest BCUT2D eigenvalue weighted by Gasteiger charge is 2.21. The molecule has 2 N–H and O–H groups in total. The van der Waals surface area contributed by atoms with Gasteiger partial charge in [0.25, 0.3) is 0 Å². The van der Waals surface area contributed by atoms with Crippen molar-refractivity contribution in [2.75, 3.05) is 42.9 Å². The number of carbonyl (C=O) groups is 2. The van der Waals surface area contributed by atoms with Crippen LogP contribution in [0.2, 0.25) is 0 Å². The maximum atomic E-state index is 12.5. The molecule has 0 unspecified atom stereocenters. The zero-order valence-electron chi connectivity index (χ0n) is 17.8. The summed E-state index contributed by atoms with van der Waals surface area (Å²) in [7, 11) is 0. The number of piperazine rings is 1. The van der Waals surface area contributed by atoms with Crippen LogP contribution in [0.1, 0.15) is 24.8 Å². The van der Waals surface area contributed by atoms with Gasteiger partial charge in [-0.05, 0) is 30.3 Å². The van der Waals surface area contributed by atoms with Crippen LogP contribution in [0.25, 0.3) is 10.2 Å². The van der Waals surface area contributed by atoms with Crippen molar-refractivity contribution in [3.8, 4) is 0 Å². The van der Waals surface area contributed by atoms with E-state index < -0.39 is 0 Å². The Kier molecular flexibility index (Phi) is 6.36. The van der Waals surface area contributed by atoms with Gasteiger partial charge in [-0.2, -0.15) is 0 Å². The van der Waals surface area contributed by atoms with Crippen LogP contribution in [0.5, 0.6) is 0 Å². The first-order valence-electron chi connectivity index (χ1n) is 10.5. The van der Waals surface area contributed by atoms with E-state index in [-0.39, 0.29) is 18.5 Å². The molecule has 3 amide bonds. The molecule has 1 aliphatic heterocycles. The minimum Gasteiger partial charge on any atom is -0.368 e. The molecule has 31 heavy (non-hydrogen) atoms. The van der Waals surface area contributed by atoms with Crippen LogP contribution in [-0.2, 0) is 4.79 Å². The van der Waals surface area contributed by atoms with Crippen LogP contribution in [0.4, 0.5) is 16.2 Å². The van der Waals surface area contributed by atoms with Crippen LogP contribution < -0.4 is 15.5 Å². The number of hydrogen-bond donors (Lipinski definition) is 2. The summed E-state index contributed by atoms with van der Waals surface area (Å²) in [6.07, 6.45) is 0. The second-order valence-electron chi connectivity index (χ2n) is 7.90. The minimum atomic E-state index is -0.385. The summed E-state index contributed by atoms with van der Waals surface area (Å²) in [6.45, 7) is 7.09. The lowest BCUT2D eigenvalue weighted by Crippen LogP contribution is -2.51. The van der Waals surface area contributed by atoms with Gasteiger partial charge in [-0.1, -0.05) is 32.0 Å². The van der Waals surface area contributed by atoms with Crippen molar-refractivity contribution in [2.24, 2.45) is 0 Å². The number of amides is 3. The molecule has 0 atom stereocenters. The summed E-state index contributed by atoms with van der Waals surface area (Å²) in [4.78, 5) is 33.4. The summed E-state index contributed by atoms with van der Waals surface area (Å²) in [5.74, 6) is 0.306. The van der Waals surface area contributed by atoms with E-state index in [1.54, 1.807) is 16.2 Å². The monoisotopic (exact) mass is 437 g/mol. The Bertz CT molecular complexity index is 1060. The van der Waals surface area contributed by atoms with Gasteiger partial charge >= 0.3 is 6.03 Å². The minimum absolute atomic E-state index is 0.0164. The van der Waals surface area contributed by atoms with Crippen molar-refractivity contribution in [2.45, 2.75) is 19.8 Å². The van der Waals surface area contributed by atoms with Crippen molar-refractivity contribution < 1.29 is 9.59 Å². The number of anilines is 2. The summed E-state index contributed by atoms with van der Waals surface area (Å²) < 4.78 is 1.04. The molecule has 1 aliphatic rings. The maximum Gasteiger partial charge on any atom is 0.319 e. The van der Waals surface area contributed by atoms with Crippen LogP contribution >= 0.6 is 11.3 Å². The topological polar surface area (TPSA) is 77.6 Å². The van der Waals surface area contributed by atoms with Crippen molar-refractivity contribution in [3.63, 3.8) is 0 Å². The first kappa shape index (κ1) is 21.1. The molecule has 1 saturated heterocycles. The fourth-order valence-electron chi connectivity index (χ4n) is 3.56. The lowest BCUT2D eigenvalue weighted by Gasteiger charge is -2.36. The van der Waals surface area contributed by atoms with Crippen molar-refractivity contribution in [1.29, 1.82) is 0 Å². The lowest BCUT2D eigenvalue weighted by atomic mass is 10.2. The predicted octanol–water partition coefficient (Wildman–Crippen LogP) is 3.89. The van der Waals surface area contributed by atoms with E-state index in [2.05, 4.69) is 46.5 Å². The number of nitrogens with zero attached hydrogens (tertiary/aromatic N) is 3. The molecular formula is C23H27N5O2S. The van der Waals surface area contributed by atoms with E-state index in [4.69, 9.17) is 0 Å². The fraction of sp³-hybridized carbons (Fsp3) is 0.348. The summed E-state index contributed by atoms with van der Waals surface area (Å²) in [5.41, 5.74) is 2.79. The molecule has 3 aromatic rings. The van der Waals surface area contributed by atoms with E-state index in [0.29, 0.717) is 24.7 Å². The van der Waals surface area contributed by atoms with Gasteiger partial charge < -0.3 is 20.4 Å². The number of rotatable bonds is 5. The second kappa shape index (κ2) is 9.34. The molecule has 162 valence electrons. The molecule has 0 spiro atoms. The average molecular weight is 438 g/mol. The van der Waals surface area contributed by atoms with Crippen molar-refractivity contribution in [3.05, 3.63) is 53.5 Å². The average Bonchev–Trinajstić information content (AvgIpc) is 3.22. The molecule has 0 saturated carbocycles. The molecule has 0 radical (unpaired) electrons. The molecule has 8 heteroatoms. The van der Waals surface area contributed by atoms with E-state index in [9.17, 15) is 9.59 Å². The first-order chi connectivity index (χ1) is 15.0. The second-order valence-corrected chi connectivity index (χ2v) is 8.96. The smallest absolute Gasteiger partial charge is 0.319 e. The number of aromatic nitrogens is 1. The van der Waals surface area contributed by atoms with E-state index in [0.717, 1.165) is 28.3 Å².